The maximum Gasteiger partial charge on any atom is 0.345 e. The Morgan fingerprint density at radius 2 is 1.84 bits per heavy atom. The van der Waals surface area contributed by atoms with Crippen molar-refractivity contribution in [1.82, 2.24) is 9.97 Å². The number of nitro benzene ring substituents is 1. The number of carbonyl (C=O) groups is 1. The molecule has 154 valence electrons. The highest BCUT2D eigenvalue weighted by atomic mass is 35.5. The number of anilines is 2. The second kappa shape index (κ2) is 8.37. The summed E-state index contributed by atoms with van der Waals surface area (Å²) >= 11 is 6.24. The minimum Gasteiger partial charge on any atom is -0.465 e. The largest absolute Gasteiger partial charge is 0.465 e. The summed E-state index contributed by atoms with van der Waals surface area (Å²) < 4.78 is 4.80. The van der Waals surface area contributed by atoms with Crippen molar-refractivity contribution < 1.29 is 14.5 Å². The highest BCUT2D eigenvalue weighted by Crippen LogP contribution is 2.38. The fraction of sp³-hybridized carbons (Fsp3) is 0.0455. The number of hydrogen-bond donors (Lipinski definition) is 1. The molecule has 0 radical (unpaired) electrons. The number of nitro groups is 1. The lowest BCUT2D eigenvalue weighted by molar-refractivity contribution is -0.384. The van der Waals surface area contributed by atoms with Crippen LogP contribution in [0.2, 0.25) is 5.02 Å². The van der Waals surface area contributed by atoms with Crippen LogP contribution in [0.1, 0.15) is 10.4 Å². The molecule has 0 amide bonds. The summed E-state index contributed by atoms with van der Waals surface area (Å²) in [6.45, 7) is 0. The third-order valence-corrected chi connectivity index (χ3v) is 5.01. The van der Waals surface area contributed by atoms with Gasteiger partial charge in [0.05, 0.1) is 22.6 Å². The maximum absolute atomic E-state index is 12.4. The zero-order valence-electron chi connectivity index (χ0n) is 16.2. The summed E-state index contributed by atoms with van der Waals surface area (Å²) in [5.74, 6) is -0.812. The number of carbonyl (C=O) groups excluding carboxylic acids is 1. The standard InChI is InChI=1S/C22H15ClN4O4/c1-31-22(28)16-11-14(13-5-8-24-9-6-13)12-19(21(16)27(29)30)26-18-7-10-25-20-15(18)3-2-4-17(20)23/h2-12H,1H3,(H,25,26). The summed E-state index contributed by atoms with van der Waals surface area (Å²) in [4.78, 5) is 32.0. The van der Waals surface area contributed by atoms with Gasteiger partial charge in [0.25, 0.3) is 0 Å². The molecule has 0 atom stereocenters. The topological polar surface area (TPSA) is 107 Å². The first-order valence-corrected chi connectivity index (χ1v) is 9.49. The fourth-order valence-electron chi connectivity index (χ4n) is 3.30. The summed E-state index contributed by atoms with van der Waals surface area (Å²) in [5.41, 5.74) is 2.01. The van der Waals surface area contributed by atoms with Crippen LogP contribution in [0.3, 0.4) is 0 Å². The first-order valence-electron chi connectivity index (χ1n) is 9.11. The molecule has 0 saturated heterocycles. The van der Waals surface area contributed by atoms with Crippen LogP contribution in [-0.4, -0.2) is 28.0 Å². The van der Waals surface area contributed by atoms with Crippen molar-refractivity contribution in [3.63, 3.8) is 0 Å². The molecule has 2 aromatic carbocycles. The second-order valence-corrected chi connectivity index (χ2v) is 6.93. The number of ether oxygens (including phenoxy) is 1. The predicted molar refractivity (Wildman–Crippen MR) is 118 cm³/mol. The number of fused-ring (bicyclic) bond motifs is 1. The number of para-hydroxylation sites is 1. The van der Waals surface area contributed by atoms with Crippen LogP contribution in [0, 0.1) is 10.1 Å². The molecular formula is C22H15ClN4O4. The van der Waals surface area contributed by atoms with Crippen LogP contribution >= 0.6 is 11.6 Å². The van der Waals surface area contributed by atoms with E-state index >= 15 is 0 Å². The van der Waals surface area contributed by atoms with Crippen LogP contribution in [0.4, 0.5) is 17.1 Å². The van der Waals surface area contributed by atoms with E-state index in [2.05, 4.69) is 15.3 Å². The Bertz CT molecular complexity index is 1310. The lowest BCUT2D eigenvalue weighted by atomic mass is 10.0. The molecule has 0 spiro atoms. The predicted octanol–water partition coefficient (Wildman–Crippen LogP) is 5.39. The van der Waals surface area contributed by atoms with Gasteiger partial charge in [-0.05, 0) is 47.5 Å². The Hall–Kier alpha value is -4.04. The molecule has 4 aromatic rings. The van der Waals surface area contributed by atoms with E-state index in [4.69, 9.17) is 16.3 Å². The van der Waals surface area contributed by atoms with Crippen LogP contribution in [0.5, 0.6) is 0 Å². The van der Waals surface area contributed by atoms with Gasteiger partial charge in [-0.15, -0.1) is 0 Å². The molecule has 2 aromatic heterocycles. The minimum atomic E-state index is -0.812. The highest BCUT2D eigenvalue weighted by molar-refractivity contribution is 6.35. The highest BCUT2D eigenvalue weighted by Gasteiger charge is 2.27. The smallest absolute Gasteiger partial charge is 0.345 e. The number of aromatic nitrogens is 2. The average Bonchev–Trinajstić information content (AvgIpc) is 2.79. The molecule has 31 heavy (non-hydrogen) atoms. The van der Waals surface area contributed by atoms with Crippen molar-refractivity contribution in [1.29, 1.82) is 0 Å². The SMILES string of the molecule is COC(=O)c1cc(-c2ccncc2)cc(Nc2ccnc3c(Cl)cccc23)c1[N+](=O)[O-]. The van der Waals surface area contributed by atoms with E-state index in [0.717, 1.165) is 5.56 Å². The molecule has 0 aliphatic carbocycles. The Morgan fingerprint density at radius 1 is 1.06 bits per heavy atom. The van der Waals surface area contributed by atoms with Crippen molar-refractivity contribution in [3.05, 3.63) is 87.8 Å². The van der Waals surface area contributed by atoms with Crippen LogP contribution in [-0.2, 0) is 4.74 Å². The molecule has 2 heterocycles. The van der Waals surface area contributed by atoms with E-state index in [9.17, 15) is 14.9 Å². The van der Waals surface area contributed by atoms with Gasteiger partial charge in [0.1, 0.15) is 11.3 Å². The summed E-state index contributed by atoms with van der Waals surface area (Å²) in [7, 11) is 1.18. The molecule has 4 rings (SSSR count). The minimum absolute atomic E-state index is 0.132. The maximum atomic E-state index is 12.4. The Kier molecular flexibility index (Phi) is 5.46. The van der Waals surface area contributed by atoms with Crippen molar-refractivity contribution in [2.24, 2.45) is 0 Å². The number of benzene rings is 2. The number of nitrogens with one attached hydrogen (secondary N) is 1. The van der Waals surface area contributed by atoms with Crippen LogP contribution in [0.15, 0.2) is 67.1 Å². The van der Waals surface area contributed by atoms with E-state index in [1.54, 1.807) is 61.1 Å². The van der Waals surface area contributed by atoms with Gasteiger partial charge in [-0.25, -0.2) is 4.79 Å². The molecule has 0 unspecified atom stereocenters. The van der Waals surface area contributed by atoms with Crippen molar-refractivity contribution in [2.45, 2.75) is 0 Å². The molecule has 9 heteroatoms. The number of nitrogens with zero attached hydrogens (tertiary/aromatic N) is 3. The molecule has 8 nitrogen and oxygen atoms in total. The Balaban J connectivity index is 1.95. The second-order valence-electron chi connectivity index (χ2n) is 6.52. The molecule has 0 aliphatic heterocycles. The molecule has 0 bridgehead atoms. The van der Waals surface area contributed by atoms with Crippen LogP contribution in [0.25, 0.3) is 22.0 Å². The first-order chi connectivity index (χ1) is 15.0. The lowest BCUT2D eigenvalue weighted by Crippen LogP contribution is -2.09. The zero-order valence-corrected chi connectivity index (χ0v) is 17.0. The van der Waals surface area contributed by atoms with Gasteiger partial charge in [0, 0.05) is 29.7 Å². The van der Waals surface area contributed by atoms with Gasteiger partial charge in [0.15, 0.2) is 0 Å². The number of hydrogen-bond acceptors (Lipinski definition) is 7. The summed E-state index contributed by atoms with van der Waals surface area (Å²) in [6, 6.07) is 13.5. The zero-order chi connectivity index (χ0) is 22.0. The number of halogens is 1. The quantitative estimate of drug-likeness (QED) is 0.255. The van der Waals surface area contributed by atoms with Crippen molar-refractivity contribution in [3.8, 4) is 11.1 Å². The van der Waals surface area contributed by atoms with Crippen LogP contribution < -0.4 is 5.32 Å². The number of esters is 1. The molecule has 0 fully saturated rings. The van der Waals surface area contributed by atoms with E-state index < -0.39 is 16.6 Å². The lowest BCUT2D eigenvalue weighted by Gasteiger charge is -2.14. The third-order valence-electron chi connectivity index (χ3n) is 4.70. The Morgan fingerprint density at radius 3 is 2.55 bits per heavy atom. The normalized spacial score (nSPS) is 10.6. The van der Waals surface area contributed by atoms with Gasteiger partial charge in [-0.3, -0.25) is 20.1 Å². The average molecular weight is 435 g/mol. The Labute approximate surface area is 181 Å². The summed E-state index contributed by atoms with van der Waals surface area (Å²) in [5, 5.41) is 16.2. The van der Waals surface area contributed by atoms with Gasteiger partial charge in [0.2, 0.25) is 0 Å². The van der Waals surface area contributed by atoms with Crippen molar-refractivity contribution >= 4 is 45.5 Å². The number of methoxy groups -OCH3 is 1. The fourth-order valence-corrected chi connectivity index (χ4v) is 3.52. The summed E-state index contributed by atoms with van der Waals surface area (Å²) in [6.07, 6.45) is 4.75. The van der Waals surface area contributed by atoms with Gasteiger partial charge >= 0.3 is 11.7 Å². The van der Waals surface area contributed by atoms with E-state index in [1.807, 2.05) is 0 Å². The van der Waals surface area contributed by atoms with Gasteiger partial charge in [-0.2, -0.15) is 0 Å². The first kappa shape index (κ1) is 20.2. The molecular weight excluding hydrogens is 420 g/mol. The van der Waals surface area contributed by atoms with Gasteiger partial charge in [-0.1, -0.05) is 23.7 Å². The molecule has 0 saturated carbocycles. The number of pyridine rings is 2. The number of rotatable bonds is 5. The molecule has 1 N–H and O–H groups in total. The van der Waals surface area contributed by atoms with Gasteiger partial charge < -0.3 is 10.1 Å². The third kappa shape index (κ3) is 3.88. The monoisotopic (exact) mass is 434 g/mol. The van der Waals surface area contributed by atoms with E-state index in [0.29, 0.717) is 27.2 Å². The van der Waals surface area contributed by atoms with E-state index in [1.165, 1.54) is 13.2 Å². The van der Waals surface area contributed by atoms with Crippen molar-refractivity contribution in [2.75, 3.05) is 12.4 Å². The molecule has 0 aliphatic rings. The van der Waals surface area contributed by atoms with E-state index in [-0.39, 0.29) is 11.3 Å².